The zero-order valence-electron chi connectivity index (χ0n) is 13.3. The quantitative estimate of drug-likeness (QED) is 0.455. The van der Waals surface area contributed by atoms with E-state index < -0.39 is 20.7 Å². The van der Waals surface area contributed by atoms with Crippen molar-refractivity contribution in [3.05, 3.63) is 63.2 Å². The van der Waals surface area contributed by atoms with Gasteiger partial charge < -0.3 is 4.18 Å². The third kappa shape index (κ3) is 4.04. The van der Waals surface area contributed by atoms with E-state index in [4.69, 9.17) is 15.8 Å². The molecular weight excluding hydrogens is 354 g/mol. The summed E-state index contributed by atoms with van der Waals surface area (Å²) in [6.07, 6.45) is 0. The molecule has 0 aliphatic heterocycles. The topological polar surface area (TPSA) is 86.5 Å². The number of hydrogen-bond acceptors (Lipinski definition) is 5. The maximum atomic E-state index is 12.3. The molecule has 2 aromatic rings. The molecule has 0 atom stereocenters. The highest BCUT2D eigenvalue weighted by Gasteiger charge is 2.23. The minimum absolute atomic E-state index is 0.0752. The van der Waals surface area contributed by atoms with Crippen molar-refractivity contribution >= 4 is 27.4 Å². The molecule has 2 aromatic carbocycles. The number of halogens is 1. The normalized spacial score (nSPS) is 12.0. The van der Waals surface area contributed by atoms with Crippen LogP contribution < -0.4 is 4.18 Å². The molecule has 0 heterocycles. The molecule has 8 heteroatoms. The van der Waals surface area contributed by atoms with E-state index in [0.717, 1.165) is 23.8 Å². The van der Waals surface area contributed by atoms with Crippen LogP contribution in [0.3, 0.4) is 0 Å². The number of rotatable bonds is 4. The lowest BCUT2D eigenvalue weighted by atomic mass is 9.87. The third-order valence-corrected chi connectivity index (χ3v) is 4.89. The van der Waals surface area contributed by atoms with E-state index in [1.54, 1.807) is 24.3 Å². The molecule has 0 bridgehead atoms. The fourth-order valence-corrected chi connectivity index (χ4v) is 3.11. The first kappa shape index (κ1) is 18.2. The Balaban J connectivity index is 2.32. The summed E-state index contributed by atoms with van der Waals surface area (Å²) in [7, 11) is -4.20. The van der Waals surface area contributed by atoms with Gasteiger partial charge in [-0.15, -0.1) is 0 Å². The number of nitrogens with zero attached hydrogens (tertiary/aromatic N) is 1. The molecule has 0 aliphatic rings. The van der Waals surface area contributed by atoms with Gasteiger partial charge in [-0.2, -0.15) is 8.42 Å². The molecule has 0 radical (unpaired) electrons. The average molecular weight is 370 g/mol. The summed E-state index contributed by atoms with van der Waals surface area (Å²) in [6.45, 7) is 6.10. The molecule has 0 saturated carbocycles. The average Bonchev–Trinajstić information content (AvgIpc) is 2.46. The molecule has 0 aliphatic carbocycles. The molecule has 2 rings (SSSR count). The molecule has 0 aromatic heterocycles. The number of benzene rings is 2. The highest BCUT2D eigenvalue weighted by atomic mass is 35.5. The van der Waals surface area contributed by atoms with Crippen LogP contribution in [-0.4, -0.2) is 13.3 Å². The zero-order valence-corrected chi connectivity index (χ0v) is 14.9. The first-order valence-electron chi connectivity index (χ1n) is 7.00. The van der Waals surface area contributed by atoms with E-state index >= 15 is 0 Å². The van der Waals surface area contributed by atoms with Crippen LogP contribution >= 0.6 is 11.6 Å². The highest BCUT2D eigenvalue weighted by molar-refractivity contribution is 7.87. The highest BCUT2D eigenvalue weighted by Crippen LogP contribution is 2.29. The molecule has 0 N–H and O–H groups in total. The van der Waals surface area contributed by atoms with Gasteiger partial charge in [0.1, 0.15) is 15.7 Å². The Hall–Kier alpha value is -2.12. The summed E-state index contributed by atoms with van der Waals surface area (Å²) in [6, 6.07) is 9.82. The maximum absolute atomic E-state index is 12.3. The predicted molar refractivity (Wildman–Crippen MR) is 91.1 cm³/mol. The summed E-state index contributed by atoms with van der Waals surface area (Å²) in [5.41, 5.74) is 0.451. The zero-order chi connectivity index (χ0) is 18.1. The van der Waals surface area contributed by atoms with Gasteiger partial charge >= 0.3 is 10.1 Å². The molecular formula is C16H16ClNO5S. The van der Waals surface area contributed by atoms with Gasteiger partial charge in [-0.25, -0.2) is 0 Å². The van der Waals surface area contributed by atoms with Crippen LogP contribution in [0.15, 0.2) is 47.4 Å². The second kappa shape index (κ2) is 6.41. The van der Waals surface area contributed by atoms with E-state index in [2.05, 4.69) is 0 Å². The Morgan fingerprint density at radius 3 is 2.17 bits per heavy atom. The lowest BCUT2D eigenvalue weighted by molar-refractivity contribution is -0.384. The van der Waals surface area contributed by atoms with Crippen molar-refractivity contribution in [1.29, 1.82) is 0 Å². The van der Waals surface area contributed by atoms with Gasteiger partial charge in [0, 0.05) is 6.07 Å². The van der Waals surface area contributed by atoms with Crippen LogP contribution in [0.4, 0.5) is 5.69 Å². The largest absolute Gasteiger partial charge is 0.379 e. The van der Waals surface area contributed by atoms with Crippen LogP contribution in [0, 0.1) is 10.1 Å². The van der Waals surface area contributed by atoms with Crippen molar-refractivity contribution in [2.24, 2.45) is 0 Å². The number of nitro benzene ring substituents is 1. The van der Waals surface area contributed by atoms with E-state index in [1.807, 2.05) is 20.8 Å². The van der Waals surface area contributed by atoms with Crippen LogP contribution in [0.25, 0.3) is 0 Å². The van der Waals surface area contributed by atoms with Crippen LogP contribution in [0.2, 0.25) is 5.02 Å². The Kier molecular flexibility index (Phi) is 4.87. The number of nitro groups is 1. The molecule has 6 nitrogen and oxygen atoms in total. The van der Waals surface area contributed by atoms with E-state index in [0.29, 0.717) is 0 Å². The van der Waals surface area contributed by atoms with Gasteiger partial charge in [0.15, 0.2) is 0 Å². The molecule has 24 heavy (non-hydrogen) atoms. The minimum atomic E-state index is -4.20. The summed E-state index contributed by atoms with van der Waals surface area (Å²) in [4.78, 5) is 9.79. The van der Waals surface area contributed by atoms with Gasteiger partial charge in [0.05, 0.1) is 4.92 Å². The standard InChI is InChI=1S/C16H16ClNO5S/c1-16(2,3)11-4-6-12(7-5-11)23-24(21,22)13-8-9-14(17)15(10-13)18(19)20/h4-10H,1-3H3. The summed E-state index contributed by atoms with van der Waals surface area (Å²) in [5, 5.41) is 10.7. The summed E-state index contributed by atoms with van der Waals surface area (Å²) < 4.78 is 29.6. The van der Waals surface area contributed by atoms with E-state index in [1.165, 1.54) is 0 Å². The molecule has 0 saturated heterocycles. The molecule has 0 unspecified atom stereocenters. The van der Waals surface area contributed by atoms with E-state index in [9.17, 15) is 18.5 Å². The third-order valence-electron chi connectivity index (χ3n) is 3.33. The van der Waals surface area contributed by atoms with Crippen molar-refractivity contribution in [3.63, 3.8) is 0 Å². The van der Waals surface area contributed by atoms with E-state index in [-0.39, 0.29) is 21.1 Å². The molecule has 128 valence electrons. The Bertz CT molecular complexity index is 870. The maximum Gasteiger partial charge on any atom is 0.339 e. The summed E-state index contributed by atoms with van der Waals surface area (Å²) in [5.74, 6) is 0.126. The van der Waals surface area contributed by atoms with Crippen LogP contribution in [0.5, 0.6) is 5.75 Å². The van der Waals surface area contributed by atoms with Gasteiger partial charge in [0.25, 0.3) is 5.69 Å². The second-order valence-corrected chi connectivity index (χ2v) is 8.14. The van der Waals surface area contributed by atoms with Gasteiger partial charge in [-0.3, -0.25) is 10.1 Å². The monoisotopic (exact) mass is 369 g/mol. The smallest absolute Gasteiger partial charge is 0.339 e. The van der Waals surface area contributed by atoms with Crippen molar-refractivity contribution in [3.8, 4) is 5.75 Å². The van der Waals surface area contributed by atoms with Gasteiger partial charge in [-0.05, 0) is 35.2 Å². The predicted octanol–water partition coefficient (Wildman–Crippen LogP) is 4.31. The first-order chi connectivity index (χ1) is 11.0. The van der Waals surface area contributed by atoms with Crippen LogP contribution in [-0.2, 0) is 15.5 Å². The van der Waals surface area contributed by atoms with Gasteiger partial charge in [0.2, 0.25) is 0 Å². The van der Waals surface area contributed by atoms with Crippen molar-refractivity contribution in [2.45, 2.75) is 31.1 Å². The first-order valence-corrected chi connectivity index (χ1v) is 8.78. The summed E-state index contributed by atoms with van der Waals surface area (Å²) >= 11 is 5.68. The van der Waals surface area contributed by atoms with Gasteiger partial charge in [-0.1, -0.05) is 44.5 Å². The fourth-order valence-electron chi connectivity index (χ4n) is 1.97. The van der Waals surface area contributed by atoms with Crippen LogP contribution in [0.1, 0.15) is 26.3 Å². The SMILES string of the molecule is CC(C)(C)c1ccc(OS(=O)(=O)c2ccc(Cl)c([N+](=O)[O-])c2)cc1. The Labute approximate surface area is 145 Å². The number of hydrogen-bond donors (Lipinski definition) is 0. The fraction of sp³-hybridized carbons (Fsp3) is 0.250. The molecule has 0 fully saturated rings. The minimum Gasteiger partial charge on any atom is -0.379 e. The van der Waals surface area contributed by atoms with Crippen molar-refractivity contribution < 1.29 is 17.5 Å². The van der Waals surface area contributed by atoms with Crippen molar-refractivity contribution in [2.75, 3.05) is 0 Å². The lowest BCUT2D eigenvalue weighted by Crippen LogP contribution is -2.12. The second-order valence-electron chi connectivity index (χ2n) is 6.18. The molecule has 0 spiro atoms. The molecule has 0 amide bonds. The lowest BCUT2D eigenvalue weighted by Gasteiger charge is -2.19. The Morgan fingerprint density at radius 1 is 1.08 bits per heavy atom. The Morgan fingerprint density at radius 2 is 1.67 bits per heavy atom. The van der Waals surface area contributed by atoms with Crippen molar-refractivity contribution in [1.82, 2.24) is 0 Å².